The highest BCUT2D eigenvalue weighted by Crippen LogP contribution is 2.38. The van der Waals surface area contributed by atoms with Crippen molar-refractivity contribution >= 4 is 29.5 Å². The highest BCUT2D eigenvalue weighted by atomic mass is 35.5. The molecule has 1 aromatic rings. The van der Waals surface area contributed by atoms with E-state index in [1.165, 1.54) is 12.1 Å². The Hall–Kier alpha value is -2.48. The minimum absolute atomic E-state index is 0.122. The number of benzene rings is 1. The van der Waals surface area contributed by atoms with Crippen molar-refractivity contribution in [3.63, 3.8) is 0 Å². The van der Waals surface area contributed by atoms with Gasteiger partial charge in [0.25, 0.3) is 5.91 Å². The van der Waals surface area contributed by atoms with E-state index in [9.17, 15) is 14.4 Å². The van der Waals surface area contributed by atoms with Crippen LogP contribution in [0.3, 0.4) is 0 Å². The van der Waals surface area contributed by atoms with Gasteiger partial charge in [-0.05, 0) is 18.1 Å². The molecule has 2 rings (SSSR count). The molecule has 0 radical (unpaired) electrons. The molecule has 8 nitrogen and oxygen atoms in total. The van der Waals surface area contributed by atoms with Crippen molar-refractivity contribution in [2.24, 2.45) is 5.92 Å². The van der Waals surface area contributed by atoms with Gasteiger partial charge < -0.3 is 19.5 Å². The van der Waals surface area contributed by atoms with Gasteiger partial charge in [-0.15, -0.1) is 0 Å². The number of carbonyl (C=O) groups excluding carboxylic acids is 3. The number of carbonyl (C=O) groups is 3. The van der Waals surface area contributed by atoms with E-state index in [0.29, 0.717) is 37.7 Å². The molecule has 0 saturated carbocycles. The number of ether oxygens (including phenoxy) is 3. The molecular weight excluding hydrogens is 364 g/mol. The molecule has 0 unspecified atom stereocenters. The monoisotopic (exact) mass is 384 g/mol. The van der Waals surface area contributed by atoms with E-state index in [0.717, 1.165) is 0 Å². The number of imide groups is 1. The number of halogens is 1. The Labute approximate surface area is 156 Å². The SMILES string of the molecule is CC(C)CNC(=O)NC(=O)COC(=O)c1cc(Cl)c2c(c1)OCCCO2. The van der Waals surface area contributed by atoms with E-state index < -0.39 is 24.5 Å². The lowest BCUT2D eigenvalue weighted by atomic mass is 10.2. The van der Waals surface area contributed by atoms with Gasteiger partial charge in [0.05, 0.1) is 23.8 Å². The normalized spacial score (nSPS) is 12.9. The van der Waals surface area contributed by atoms with Crippen LogP contribution in [-0.4, -0.2) is 44.3 Å². The first-order valence-corrected chi connectivity index (χ1v) is 8.58. The third-order valence-electron chi connectivity index (χ3n) is 3.30. The maximum absolute atomic E-state index is 12.1. The Morgan fingerprint density at radius 3 is 2.69 bits per heavy atom. The number of fused-ring (bicyclic) bond motifs is 1. The Morgan fingerprint density at radius 2 is 1.96 bits per heavy atom. The number of amides is 3. The summed E-state index contributed by atoms with van der Waals surface area (Å²) in [6.07, 6.45) is 0.698. The van der Waals surface area contributed by atoms with E-state index in [-0.39, 0.29) is 16.5 Å². The van der Waals surface area contributed by atoms with Crippen LogP contribution in [0.15, 0.2) is 12.1 Å². The van der Waals surface area contributed by atoms with E-state index in [1.54, 1.807) is 0 Å². The Morgan fingerprint density at radius 1 is 1.23 bits per heavy atom. The van der Waals surface area contributed by atoms with Crippen molar-refractivity contribution in [1.29, 1.82) is 0 Å². The summed E-state index contributed by atoms with van der Waals surface area (Å²) in [6, 6.07) is 2.19. The number of urea groups is 1. The fraction of sp³-hybridized carbons (Fsp3) is 0.471. The van der Waals surface area contributed by atoms with E-state index in [4.69, 9.17) is 25.8 Å². The molecule has 26 heavy (non-hydrogen) atoms. The Bertz CT molecular complexity index is 692. The average Bonchev–Trinajstić information content (AvgIpc) is 2.83. The highest BCUT2D eigenvalue weighted by Gasteiger charge is 2.20. The van der Waals surface area contributed by atoms with Crippen LogP contribution in [0.5, 0.6) is 11.5 Å². The Balaban J connectivity index is 1.90. The molecule has 1 heterocycles. The van der Waals surface area contributed by atoms with Gasteiger partial charge >= 0.3 is 12.0 Å². The largest absolute Gasteiger partial charge is 0.489 e. The van der Waals surface area contributed by atoms with Gasteiger partial charge in [-0.25, -0.2) is 9.59 Å². The summed E-state index contributed by atoms with van der Waals surface area (Å²) in [7, 11) is 0. The number of esters is 1. The quantitative estimate of drug-likeness (QED) is 0.754. The molecule has 2 N–H and O–H groups in total. The molecule has 0 atom stereocenters. The van der Waals surface area contributed by atoms with Gasteiger partial charge in [0.1, 0.15) is 0 Å². The van der Waals surface area contributed by atoms with Gasteiger partial charge in [0.2, 0.25) is 0 Å². The zero-order valence-corrected chi connectivity index (χ0v) is 15.4. The van der Waals surface area contributed by atoms with E-state index >= 15 is 0 Å². The smallest absolute Gasteiger partial charge is 0.338 e. The second-order valence-corrected chi connectivity index (χ2v) is 6.47. The molecule has 1 aliphatic heterocycles. The highest BCUT2D eigenvalue weighted by molar-refractivity contribution is 6.32. The zero-order chi connectivity index (χ0) is 19.1. The number of rotatable bonds is 5. The zero-order valence-electron chi connectivity index (χ0n) is 14.6. The summed E-state index contributed by atoms with van der Waals surface area (Å²) in [5, 5.41) is 4.81. The van der Waals surface area contributed by atoms with E-state index in [2.05, 4.69) is 10.6 Å². The second-order valence-electron chi connectivity index (χ2n) is 6.06. The van der Waals surface area contributed by atoms with Crippen LogP contribution in [-0.2, 0) is 9.53 Å². The van der Waals surface area contributed by atoms with Crippen LogP contribution in [0.4, 0.5) is 4.79 Å². The van der Waals surface area contributed by atoms with Crippen molar-refractivity contribution in [2.45, 2.75) is 20.3 Å². The predicted octanol–water partition coefficient (Wildman–Crippen LogP) is 2.14. The first-order chi connectivity index (χ1) is 12.4. The fourth-order valence-corrected chi connectivity index (χ4v) is 2.33. The predicted molar refractivity (Wildman–Crippen MR) is 93.7 cm³/mol. The topological polar surface area (TPSA) is 103 Å². The molecule has 0 saturated heterocycles. The van der Waals surface area contributed by atoms with Crippen LogP contribution >= 0.6 is 11.6 Å². The van der Waals surface area contributed by atoms with Crippen LogP contribution in [0.25, 0.3) is 0 Å². The van der Waals surface area contributed by atoms with Gasteiger partial charge in [0, 0.05) is 13.0 Å². The molecule has 9 heteroatoms. The molecule has 0 fully saturated rings. The molecular formula is C17H21ClN2O6. The summed E-state index contributed by atoms with van der Waals surface area (Å²) < 4.78 is 15.9. The van der Waals surface area contributed by atoms with Gasteiger partial charge in [-0.2, -0.15) is 0 Å². The molecule has 1 aliphatic rings. The maximum Gasteiger partial charge on any atom is 0.338 e. The van der Waals surface area contributed by atoms with Crippen molar-refractivity contribution in [3.05, 3.63) is 22.7 Å². The lowest BCUT2D eigenvalue weighted by Gasteiger charge is -2.11. The Kier molecular flexibility index (Phi) is 7.08. The lowest BCUT2D eigenvalue weighted by molar-refractivity contribution is -0.123. The first-order valence-electron chi connectivity index (χ1n) is 8.20. The third-order valence-corrected chi connectivity index (χ3v) is 3.58. The van der Waals surface area contributed by atoms with Crippen LogP contribution in [0.1, 0.15) is 30.6 Å². The molecule has 3 amide bonds. The summed E-state index contributed by atoms with van der Waals surface area (Å²) in [5.41, 5.74) is 0.122. The molecule has 0 aliphatic carbocycles. The van der Waals surface area contributed by atoms with Crippen LogP contribution in [0, 0.1) is 5.92 Å². The first kappa shape index (κ1) is 19.8. The van der Waals surface area contributed by atoms with Crippen molar-refractivity contribution in [2.75, 3.05) is 26.4 Å². The standard InChI is InChI=1S/C17H21ClN2O6/c1-10(2)8-19-17(23)20-14(21)9-26-16(22)11-6-12(18)15-13(7-11)24-4-3-5-25-15/h6-7,10H,3-5,8-9H2,1-2H3,(H2,19,20,21,23). The molecule has 1 aromatic carbocycles. The number of nitrogens with one attached hydrogen (secondary N) is 2. The van der Waals surface area contributed by atoms with Crippen molar-refractivity contribution in [1.82, 2.24) is 10.6 Å². The van der Waals surface area contributed by atoms with Crippen LogP contribution < -0.4 is 20.1 Å². The van der Waals surface area contributed by atoms with Crippen LogP contribution in [0.2, 0.25) is 5.02 Å². The van der Waals surface area contributed by atoms with Crippen molar-refractivity contribution in [3.8, 4) is 11.5 Å². The summed E-state index contributed by atoms with van der Waals surface area (Å²) in [4.78, 5) is 35.3. The molecule has 0 bridgehead atoms. The summed E-state index contributed by atoms with van der Waals surface area (Å²) in [6.45, 7) is 4.58. The lowest BCUT2D eigenvalue weighted by Crippen LogP contribution is -2.42. The number of hydrogen-bond acceptors (Lipinski definition) is 6. The molecule has 0 spiro atoms. The van der Waals surface area contributed by atoms with E-state index in [1.807, 2.05) is 13.8 Å². The molecule has 142 valence electrons. The minimum atomic E-state index is -0.764. The second kappa shape index (κ2) is 9.28. The summed E-state index contributed by atoms with van der Waals surface area (Å²) >= 11 is 6.11. The van der Waals surface area contributed by atoms with Gasteiger partial charge in [-0.1, -0.05) is 25.4 Å². The number of hydrogen-bond donors (Lipinski definition) is 2. The average molecular weight is 385 g/mol. The van der Waals surface area contributed by atoms with Crippen molar-refractivity contribution < 1.29 is 28.6 Å². The van der Waals surface area contributed by atoms with Gasteiger partial charge in [0.15, 0.2) is 18.1 Å². The maximum atomic E-state index is 12.1. The summed E-state index contributed by atoms with van der Waals surface area (Å²) in [5.74, 6) is -0.530. The third kappa shape index (κ3) is 5.80. The minimum Gasteiger partial charge on any atom is -0.489 e. The fourth-order valence-electron chi connectivity index (χ4n) is 2.07. The van der Waals surface area contributed by atoms with Gasteiger partial charge in [-0.3, -0.25) is 10.1 Å². The molecule has 0 aromatic heterocycles.